The predicted molar refractivity (Wildman–Crippen MR) is 90.5 cm³/mol. The number of H-pyrrole nitrogens is 1. The number of benzene rings is 1. The Kier molecular flexibility index (Phi) is 3.69. The Hall–Kier alpha value is -2.47. The van der Waals surface area contributed by atoms with Crippen molar-refractivity contribution in [1.82, 2.24) is 14.5 Å². The molecule has 3 heterocycles. The molecule has 7 heteroatoms. The van der Waals surface area contributed by atoms with E-state index in [9.17, 15) is 9.59 Å². The molecule has 2 aromatic heterocycles. The molecular formula is C17H16ClN3O3. The van der Waals surface area contributed by atoms with Crippen molar-refractivity contribution in [1.29, 1.82) is 0 Å². The van der Waals surface area contributed by atoms with Crippen LogP contribution < -0.4 is 5.69 Å². The van der Waals surface area contributed by atoms with Gasteiger partial charge in [-0.05, 0) is 37.1 Å². The highest BCUT2D eigenvalue weighted by molar-refractivity contribution is 6.31. The van der Waals surface area contributed by atoms with E-state index in [1.807, 2.05) is 6.07 Å². The van der Waals surface area contributed by atoms with Crippen LogP contribution in [0.1, 0.15) is 29.2 Å². The first kappa shape index (κ1) is 15.1. The van der Waals surface area contributed by atoms with Crippen LogP contribution in [0.3, 0.4) is 0 Å². The highest BCUT2D eigenvalue weighted by atomic mass is 35.5. The number of amides is 1. The fourth-order valence-corrected chi connectivity index (χ4v) is 3.53. The number of halogens is 1. The Morgan fingerprint density at radius 1 is 1.25 bits per heavy atom. The molecule has 1 aromatic carbocycles. The third-order valence-electron chi connectivity index (χ3n) is 4.56. The zero-order valence-corrected chi connectivity index (χ0v) is 13.6. The van der Waals surface area contributed by atoms with Gasteiger partial charge in [0.05, 0.1) is 22.9 Å². The maximum absolute atomic E-state index is 12.3. The minimum absolute atomic E-state index is 0.0275. The standard InChI is InChI=1S/C17H16ClN3O3/c18-12-1-2-15-14(9-12)19-17(23)21(15)13-3-6-20(7-4-13)16(22)11-5-8-24-10-11/h1-2,5,8-10,13H,3-4,6-7H2,(H,19,23). The van der Waals surface area contributed by atoms with E-state index in [0.717, 1.165) is 23.9 Å². The van der Waals surface area contributed by atoms with Crippen LogP contribution in [0.25, 0.3) is 11.0 Å². The van der Waals surface area contributed by atoms with E-state index >= 15 is 0 Å². The topological polar surface area (TPSA) is 71.2 Å². The molecular weight excluding hydrogens is 330 g/mol. The lowest BCUT2D eigenvalue weighted by Crippen LogP contribution is -2.40. The lowest BCUT2D eigenvalue weighted by atomic mass is 10.0. The summed E-state index contributed by atoms with van der Waals surface area (Å²) in [4.78, 5) is 29.3. The first-order chi connectivity index (χ1) is 11.6. The fourth-order valence-electron chi connectivity index (χ4n) is 3.36. The number of hydrogen-bond donors (Lipinski definition) is 1. The third kappa shape index (κ3) is 2.53. The van der Waals surface area contributed by atoms with Gasteiger partial charge in [-0.25, -0.2) is 4.79 Å². The molecule has 0 aliphatic carbocycles. The molecule has 4 rings (SSSR count). The molecule has 24 heavy (non-hydrogen) atoms. The molecule has 0 saturated carbocycles. The number of furan rings is 1. The quantitative estimate of drug-likeness (QED) is 0.776. The van der Waals surface area contributed by atoms with Gasteiger partial charge in [0.15, 0.2) is 0 Å². The lowest BCUT2D eigenvalue weighted by Gasteiger charge is -2.32. The smallest absolute Gasteiger partial charge is 0.326 e. The maximum Gasteiger partial charge on any atom is 0.326 e. The average Bonchev–Trinajstić information content (AvgIpc) is 3.21. The minimum Gasteiger partial charge on any atom is -0.472 e. The van der Waals surface area contributed by atoms with Gasteiger partial charge in [-0.3, -0.25) is 9.36 Å². The van der Waals surface area contributed by atoms with E-state index in [1.54, 1.807) is 27.7 Å². The summed E-state index contributed by atoms with van der Waals surface area (Å²) in [5.74, 6) is -0.0275. The maximum atomic E-state index is 12.3. The van der Waals surface area contributed by atoms with E-state index < -0.39 is 0 Å². The second-order valence-corrected chi connectivity index (χ2v) is 6.43. The van der Waals surface area contributed by atoms with Gasteiger partial charge in [0, 0.05) is 24.2 Å². The summed E-state index contributed by atoms with van der Waals surface area (Å²) in [7, 11) is 0. The number of likely N-dealkylation sites (tertiary alicyclic amines) is 1. The molecule has 1 fully saturated rings. The van der Waals surface area contributed by atoms with Crippen molar-refractivity contribution in [3.05, 3.63) is 57.9 Å². The minimum atomic E-state index is -0.133. The van der Waals surface area contributed by atoms with E-state index in [2.05, 4.69) is 4.98 Å². The van der Waals surface area contributed by atoms with Gasteiger partial charge in [-0.15, -0.1) is 0 Å². The zero-order valence-electron chi connectivity index (χ0n) is 12.9. The van der Waals surface area contributed by atoms with Crippen LogP contribution in [0, 0.1) is 0 Å². The number of carbonyl (C=O) groups excluding carboxylic acids is 1. The van der Waals surface area contributed by atoms with Crippen LogP contribution in [-0.4, -0.2) is 33.4 Å². The van der Waals surface area contributed by atoms with Gasteiger partial charge in [-0.2, -0.15) is 0 Å². The number of hydrogen-bond acceptors (Lipinski definition) is 3. The summed E-state index contributed by atoms with van der Waals surface area (Å²) in [6.45, 7) is 1.22. The van der Waals surface area contributed by atoms with Crippen LogP contribution in [0.2, 0.25) is 5.02 Å². The number of piperidine rings is 1. The van der Waals surface area contributed by atoms with Crippen LogP contribution in [0.5, 0.6) is 0 Å². The van der Waals surface area contributed by atoms with E-state index in [0.29, 0.717) is 23.7 Å². The number of nitrogens with one attached hydrogen (secondary N) is 1. The van der Waals surface area contributed by atoms with Crippen molar-refractivity contribution >= 4 is 28.5 Å². The molecule has 0 atom stereocenters. The Morgan fingerprint density at radius 2 is 2.04 bits per heavy atom. The molecule has 6 nitrogen and oxygen atoms in total. The molecule has 0 unspecified atom stereocenters. The molecule has 0 spiro atoms. The fraction of sp³-hybridized carbons (Fsp3) is 0.294. The Balaban J connectivity index is 1.55. The van der Waals surface area contributed by atoms with Gasteiger partial charge in [0.2, 0.25) is 0 Å². The number of aromatic amines is 1. The highest BCUT2D eigenvalue weighted by Crippen LogP contribution is 2.26. The number of rotatable bonds is 2. The Labute approximate surface area is 142 Å². The summed E-state index contributed by atoms with van der Waals surface area (Å²) in [5, 5.41) is 0.594. The molecule has 1 aliphatic heterocycles. The first-order valence-corrected chi connectivity index (χ1v) is 8.22. The molecule has 1 amide bonds. The number of imidazole rings is 1. The number of fused-ring (bicyclic) bond motifs is 1. The van der Waals surface area contributed by atoms with Crippen molar-refractivity contribution in [3.8, 4) is 0 Å². The second-order valence-electron chi connectivity index (χ2n) is 6.00. The van der Waals surface area contributed by atoms with E-state index in [1.165, 1.54) is 12.5 Å². The van der Waals surface area contributed by atoms with Gasteiger partial charge in [0.25, 0.3) is 5.91 Å². The largest absolute Gasteiger partial charge is 0.472 e. The third-order valence-corrected chi connectivity index (χ3v) is 4.80. The van der Waals surface area contributed by atoms with Gasteiger partial charge < -0.3 is 14.3 Å². The van der Waals surface area contributed by atoms with Gasteiger partial charge in [-0.1, -0.05) is 11.6 Å². The van der Waals surface area contributed by atoms with Crippen molar-refractivity contribution in [2.75, 3.05) is 13.1 Å². The van der Waals surface area contributed by atoms with Gasteiger partial charge >= 0.3 is 5.69 Å². The van der Waals surface area contributed by atoms with Crippen LogP contribution >= 0.6 is 11.6 Å². The Morgan fingerprint density at radius 3 is 2.75 bits per heavy atom. The summed E-state index contributed by atoms with van der Waals surface area (Å²) in [6.07, 6.45) is 4.43. The number of aromatic nitrogens is 2. The zero-order chi connectivity index (χ0) is 16.7. The summed E-state index contributed by atoms with van der Waals surface area (Å²) in [6, 6.07) is 7.14. The number of carbonyl (C=O) groups is 1. The van der Waals surface area contributed by atoms with E-state index in [4.69, 9.17) is 16.0 Å². The first-order valence-electron chi connectivity index (χ1n) is 7.85. The van der Waals surface area contributed by atoms with Gasteiger partial charge in [0.1, 0.15) is 6.26 Å². The van der Waals surface area contributed by atoms with E-state index in [-0.39, 0.29) is 17.6 Å². The molecule has 0 radical (unpaired) electrons. The Bertz CT molecular complexity index is 934. The normalized spacial score (nSPS) is 16.0. The van der Waals surface area contributed by atoms with Crippen molar-refractivity contribution in [2.45, 2.75) is 18.9 Å². The van der Waals surface area contributed by atoms with Crippen molar-refractivity contribution in [2.24, 2.45) is 0 Å². The van der Waals surface area contributed by atoms with Crippen molar-refractivity contribution in [3.63, 3.8) is 0 Å². The molecule has 3 aromatic rings. The number of nitrogens with zero attached hydrogens (tertiary/aromatic N) is 2. The molecule has 1 aliphatic rings. The summed E-state index contributed by atoms with van der Waals surface area (Å²) >= 11 is 5.99. The summed E-state index contributed by atoms with van der Waals surface area (Å²) in [5.41, 5.74) is 2.02. The van der Waals surface area contributed by atoms with Crippen molar-refractivity contribution < 1.29 is 9.21 Å². The average molecular weight is 346 g/mol. The van der Waals surface area contributed by atoms with Crippen LogP contribution in [-0.2, 0) is 0 Å². The summed E-state index contributed by atoms with van der Waals surface area (Å²) < 4.78 is 6.76. The van der Waals surface area contributed by atoms with Crippen LogP contribution in [0.15, 0.2) is 46.0 Å². The second kappa shape index (κ2) is 5.87. The molecule has 124 valence electrons. The molecule has 1 saturated heterocycles. The highest BCUT2D eigenvalue weighted by Gasteiger charge is 2.27. The SMILES string of the molecule is O=C(c1ccoc1)N1CCC(n2c(=O)[nH]c3cc(Cl)ccc32)CC1. The van der Waals surface area contributed by atoms with Crippen LogP contribution in [0.4, 0.5) is 0 Å². The molecule has 0 bridgehead atoms. The predicted octanol–water partition coefficient (Wildman–Crippen LogP) is 3.05. The molecule has 1 N–H and O–H groups in total. The lowest BCUT2D eigenvalue weighted by molar-refractivity contribution is 0.0694. The monoisotopic (exact) mass is 345 g/mol.